The maximum Gasteiger partial charge on any atom is 0.383 e. The number of halogens is 4. The van der Waals surface area contributed by atoms with Gasteiger partial charge in [0.25, 0.3) is 5.91 Å². The number of hydrogen-bond acceptors (Lipinski definition) is 2. The molecule has 1 aliphatic rings. The minimum Gasteiger partial charge on any atom is -0.337 e. The van der Waals surface area contributed by atoms with Crippen LogP contribution in [-0.4, -0.2) is 42.3 Å². The summed E-state index contributed by atoms with van der Waals surface area (Å²) in [7, 11) is 0. The number of nitrogens with two attached hydrogens (primary N) is 1. The summed E-state index contributed by atoms with van der Waals surface area (Å²) in [4.78, 5) is 12.1. The first kappa shape index (κ1) is 14.2. The van der Waals surface area contributed by atoms with Crippen molar-refractivity contribution in [3.8, 4) is 0 Å². The number of piperidine rings is 1. The third kappa shape index (κ3) is 2.70. The zero-order valence-electron chi connectivity index (χ0n) is 9.72. The topological polar surface area (TPSA) is 46.3 Å². The van der Waals surface area contributed by atoms with Crippen LogP contribution in [-0.2, 0) is 4.79 Å². The van der Waals surface area contributed by atoms with Gasteiger partial charge < -0.3 is 10.6 Å². The van der Waals surface area contributed by atoms with Crippen molar-refractivity contribution in [2.75, 3.05) is 13.1 Å². The van der Waals surface area contributed by atoms with Gasteiger partial charge in [0.15, 0.2) is 0 Å². The molecule has 0 radical (unpaired) electrons. The van der Waals surface area contributed by atoms with E-state index in [2.05, 4.69) is 0 Å². The van der Waals surface area contributed by atoms with Crippen LogP contribution in [0.15, 0.2) is 0 Å². The molecule has 100 valence electrons. The lowest BCUT2D eigenvalue weighted by molar-refractivity contribution is -0.183. The first-order chi connectivity index (χ1) is 7.59. The van der Waals surface area contributed by atoms with Crippen molar-refractivity contribution in [3.05, 3.63) is 0 Å². The molecule has 1 rings (SSSR count). The lowest BCUT2D eigenvalue weighted by atomic mass is 9.79. The Balaban J connectivity index is 2.79. The highest BCUT2D eigenvalue weighted by atomic mass is 19.3. The Morgan fingerprint density at radius 1 is 1.47 bits per heavy atom. The normalized spacial score (nSPS) is 25.2. The zero-order valence-corrected chi connectivity index (χ0v) is 9.72. The number of hydrogen-bond donors (Lipinski definition) is 1. The zero-order chi connectivity index (χ0) is 13.4. The van der Waals surface area contributed by atoms with Crippen molar-refractivity contribution in [3.63, 3.8) is 0 Å². The van der Waals surface area contributed by atoms with E-state index in [1.165, 1.54) is 0 Å². The third-order valence-electron chi connectivity index (χ3n) is 3.16. The molecule has 0 spiro atoms. The summed E-state index contributed by atoms with van der Waals surface area (Å²) in [6, 6.07) is -0.230. The molecule has 0 saturated carbocycles. The van der Waals surface area contributed by atoms with E-state index in [1.54, 1.807) is 13.8 Å². The van der Waals surface area contributed by atoms with Crippen LogP contribution in [0.4, 0.5) is 17.6 Å². The van der Waals surface area contributed by atoms with Gasteiger partial charge in [-0.05, 0) is 11.8 Å². The molecule has 0 aromatic carbocycles. The highest BCUT2D eigenvalue weighted by Gasteiger charge is 2.52. The molecule has 1 atom stereocenters. The van der Waals surface area contributed by atoms with Gasteiger partial charge >= 0.3 is 12.3 Å². The van der Waals surface area contributed by atoms with Crippen LogP contribution in [0.2, 0.25) is 0 Å². The number of carbonyl (C=O) groups is 1. The minimum absolute atomic E-state index is 0.00819. The number of alkyl halides is 4. The van der Waals surface area contributed by atoms with Gasteiger partial charge in [-0.1, -0.05) is 13.8 Å². The monoisotopic (exact) mass is 256 g/mol. The Kier molecular flexibility index (Phi) is 3.71. The lowest BCUT2D eigenvalue weighted by Gasteiger charge is -2.43. The molecule has 3 nitrogen and oxygen atoms in total. The van der Waals surface area contributed by atoms with Gasteiger partial charge in [-0.2, -0.15) is 8.78 Å². The van der Waals surface area contributed by atoms with Crippen molar-refractivity contribution < 1.29 is 22.4 Å². The second-order valence-electron chi connectivity index (χ2n) is 5.03. The number of amides is 1. The quantitative estimate of drug-likeness (QED) is 0.760. The summed E-state index contributed by atoms with van der Waals surface area (Å²) in [5, 5.41) is 0. The van der Waals surface area contributed by atoms with E-state index in [-0.39, 0.29) is 19.1 Å². The molecule has 0 aliphatic carbocycles. The SMILES string of the molecule is CC1(C)CN(C(=O)C(F)(F)C(F)F)CCC1N. The number of nitrogens with zero attached hydrogens (tertiary/aromatic N) is 1. The number of likely N-dealkylation sites (tertiary alicyclic amines) is 1. The molecule has 1 unspecified atom stereocenters. The van der Waals surface area contributed by atoms with Gasteiger partial charge in [-0.25, -0.2) is 8.78 Å². The molecule has 0 aromatic rings. The van der Waals surface area contributed by atoms with E-state index in [1.807, 2.05) is 0 Å². The Morgan fingerprint density at radius 3 is 2.41 bits per heavy atom. The van der Waals surface area contributed by atoms with Gasteiger partial charge in [0.05, 0.1) is 0 Å². The van der Waals surface area contributed by atoms with Gasteiger partial charge in [-0.15, -0.1) is 0 Å². The van der Waals surface area contributed by atoms with Crippen molar-refractivity contribution in [1.29, 1.82) is 0 Å². The molecule has 1 heterocycles. The van der Waals surface area contributed by atoms with E-state index in [9.17, 15) is 22.4 Å². The van der Waals surface area contributed by atoms with Crippen LogP contribution in [0.25, 0.3) is 0 Å². The largest absolute Gasteiger partial charge is 0.383 e. The van der Waals surface area contributed by atoms with Crippen molar-refractivity contribution in [2.24, 2.45) is 11.1 Å². The smallest absolute Gasteiger partial charge is 0.337 e. The second-order valence-corrected chi connectivity index (χ2v) is 5.03. The molecule has 2 N–H and O–H groups in total. The maximum atomic E-state index is 12.9. The van der Waals surface area contributed by atoms with Crippen LogP contribution >= 0.6 is 0 Å². The third-order valence-corrected chi connectivity index (χ3v) is 3.16. The van der Waals surface area contributed by atoms with E-state index < -0.39 is 23.7 Å². The van der Waals surface area contributed by atoms with E-state index in [0.29, 0.717) is 6.42 Å². The van der Waals surface area contributed by atoms with Crippen LogP contribution in [0.1, 0.15) is 20.3 Å². The maximum absolute atomic E-state index is 12.9. The fourth-order valence-electron chi connectivity index (χ4n) is 1.85. The number of rotatable bonds is 2. The Morgan fingerprint density at radius 2 is 2.00 bits per heavy atom. The fraction of sp³-hybridized carbons (Fsp3) is 0.900. The summed E-state index contributed by atoms with van der Waals surface area (Å²) >= 11 is 0. The molecule has 7 heteroatoms. The van der Waals surface area contributed by atoms with E-state index in [4.69, 9.17) is 5.73 Å². The predicted molar refractivity (Wildman–Crippen MR) is 53.9 cm³/mol. The molecule has 1 saturated heterocycles. The summed E-state index contributed by atoms with van der Waals surface area (Å²) in [6.07, 6.45) is -3.65. The average molecular weight is 256 g/mol. The van der Waals surface area contributed by atoms with Crippen molar-refractivity contribution in [2.45, 2.75) is 38.7 Å². The Labute approximate surface area is 96.9 Å². The van der Waals surface area contributed by atoms with Gasteiger partial charge in [0, 0.05) is 19.1 Å². The molecule has 1 fully saturated rings. The molecule has 17 heavy (non-hydrogen) atoms. The summed E-state index contributed by atoms with van der Waals surface area (Å²) in [5.74, 6) is -6.43. The summed E-state index contributed by atoms with van der Waals surface area (Å²) in [6.45, 7) is 3.40. The van der Waals surface area contributed by atoms with E-state index >= 15 is 0 Å². The lowest BCUT2D eigenvalue weighted by Crippen LogP contribution is -2.58. The average Bonchev–Trinajstić information content (AvgIpc) is 2.20. The molecule has 0 bridgehead atoms. The number of carbonyl (C=O) groups excluding carboxylic acids is 1. The highest BCUT2D eigenvalue weighted by Crippen LogP contribution is 2.32. The molecule has 1 amide bonds. The van der Waals surface area contributed by atoms with Crippen molar-refractivity contribution >= 4 is 5.91 Å². The van der Waals surface area contributed by atoms with Crippen LogP contribution in [0, 0.1) is 5.41 Å². The first-order valence-corrected chi connectivity index (χ1v) is 5.30. The molecular formula is C10H16F4N2O. The highest BCUT2D eigenvalue weighted by molar-refractivity contribution is 5.84. The molecule has 0 aromatic heterocycles. The standard InChI is InChI=1S/C10H16F4N2O/c1-9(2)5-16(4-3-6(9)15)8(17)10(13,14)7(11)12/h6-7H,3-5,15H2,1-2H3. The van der Waals surface area contributed by atoms with Gasteiger partial charge in [0.1, 0.15) is 0 Å². The van der Waals surface area contributed by atoms with Crippen LogP contribution < -0.4 is 5.73 Å². The second kappa shape index (κ2) is 4.44. The van der Waals surface area contributed by atoms with Crippen molar-refractivity contribution in [1.82, 2.24) is 4.90 Å². The fourth-order valence-corrected chi connectivity index (χ4v) is 1.85. The van der Waals surface area contributed by atoms with Gasteiger partial charge in [0.2, 0.25) is 0 Å². The Bertz CT molecular complexity index is 307. The first-order valence-electron chi connectivity index (χ1n) is 5.30. The summed E-state index contributed by atoms with van der Waals surface area (Å²) < 4.78 is 49.9. The minimum atomic E-state index is -4.61. The molecule has 1 aliphatic heterocycles. The summed E-state index contributed by atoms with van der Waals surface area (Å²) in [5.41, 5.74) is 5.22. The van der Waals surface area contributed by atoms with Crippen LogP contribution in [0.5, 0.6) is 0 Å². The molecular weight excluding hydrogens is 240 g/mol. The predicted octanol–water partition coefficient (Wildman–Crippen LogP) is 1.47. The van der Waals surface area contributed by atoms with Crippen LogP contribution in [0.3, 0.4) is 0 Å². The van der Waals surface area contributed by atoms with E-state index in [0.717, 1.165) is 4.90 Å². The van der Waals surface area contributed by atoms with Gasteiger partial charge in [-0.3, -0.25) is 4.79 Å². The Hall–Kier alpha value is -0.850.